The largest absolute Gasteiger partial charge is 1.00 e. The molecule has 0 amide bonds. The topological polar surface area (TPSA) is 86.7 Å². The summed E-state index contributed by atoms with van der Waals surface area (Å²) in [5.41, 5.74) is 0.921. The van der Waals surface area contributed by atoms with E-state index in [1.54, 1.807) is 12.1 Å². The van der Waals surface area contributed by atoms with Gasteiger partial charge in [0, 0.05) is 6.07 Å². The smallest absolute Gasteiger partial charge is 0.872 e. The number of aryl methyl sites for hydroxylation is 1. The van der Waals surface area contributed by atoms with Crippen LogP contribution >= 0.6 is 0 Å². The number of ether oxygens (including phenoxy) is 1. The van der Waals surface area contributed by atoms with E-state index in [1.165, 1.54) is 82.1 Å². The van der Waals surface area contributed by atoms with Crippen molar-refractivity contribution in [2.75, 3.05) is 0 Å². The number of rotatable bonds is 15. The van der Waals surface area contributed by atoms with E-state index in [0.717, 1.165) is 24.8 Å². The zero-order valence-corrected chi connectivity index (χ0v) is 22.3. The first-order chi connectivity index (χ1) is 14.9. The van der Waals surface area contributed by atoms with Gasteiger partial charge in [0.1, 0.15) is 11.5 Å². The fourth-order valence-corrected chi connectivity index (χ4v) is 4.18. The van der Waals surface area contributed by atoms with Gasteiger partial charge in [0.2, 0.25) is 0 Å². The van der Waals surface area contributed by atoms with E-state index < -0.39 is 10.1 Å². The Bertz CT molecular complexity index is 899. The average molecular weight is 471 g/mol. The van der Waals surface area contributed by atoms with Crippen molar-refractivity contribution in [1.29, 1.82) is 0 Å². The van der Waals surface area contributed by atoms with E-state index in [1.807, 2.05) is 6.07 Å². The Morgan fingerprint density at radius 3 is 2.00 bits per heavy atom. The van der Waals surface area contributed by atoms with Crippen molar-refractivity contribution in [3.63, 3.8) is 0 Å². The van der Waals surface area contributed by atoms with E-state index in [-0.39, 0.29) is 46.0 Å². The van der Waals surface area contributed by atoms with Gasteiger partial charge in [-0.2, -0.15) is 8.42 Å². The second-order valence-electron chi connectivity index (χ2n) is 8.15. The van der Waals surface area contributed by atoms with E-state index >= 15 is 0 Å². The van der Waals surface area contributed by atoms with E-state index in [9.17, 15) is 13.5 Å². The minimum absolute atomic E-state index is 0. The molecule has 2 aromatic carbocycles. The van der Waals surface area contributed by atoms with Crippen LogP contribution < -0.4 is 39.4 Å². The number of benzene rings is 2. The zero-order chi connectivity index (χ0) is 22.5. The normalized spacial score (nSPS) is 11.2. The maximum absolute atomic E-state index is 12.0. The number of hydrogen-bond acceptors (Lipinski definition) is 4. The molecule has 0 bridgehead atoms. The number of unbranched alkanes of at least 4 members (excludes halogenated alkanes) is 10. The van der Waals surface area contributed by atoms with Crippen LogP contribution in [0.5, 0.6) is 17.2 Å². The van der Waals surface area contributed by atoms with Crippen molar-refractivity contribution < 1.29 is 52.4 Å². The van der Waals surface area contributed by atoms with Gasteiger partial charge in [-0.05, 0) is 42.7 Å². The fourth-order valence-electron chi connectivity index (χ4n) is 3.66. The molecule has 0 heterocycles. The van der Waals surface area contributed by atoms with Gasteiger partial charge >= 0.3 is 29.6 Å². The molecule has 0 saturated heterocycles. The number of hydrogen-bond donors (Lipinski definition) is 1. The third-order valence-electron chi connectivity index (χ3n) is 5.35. The molecule has 0 aliphatic heterocycles. The van der Waals surface area contributed by atoms with Crippen LogP contribution in [-0.2, 0) is 16.5 Å². The molecule has 0 atom stereocenters. The first kappa shape index (κ1) is 29.0. The molecule has 0 aliphatic carbocycles. The van der Waals surface area contributed by atoms with Gasteiger partial charge in [-0.1, -0.05) is 83.3 Å². The van der Waals surface area contributed by atoms with Crippen LogP contribution in [0.3, 0.4) is 0 Å². The van der Waals surface area contributed by atoms with E-state index in [2.05, 4.69) is 6.92 Å². The third-order valence-corrected chi connectivity index (χ3v) is 6.20. The summed E-state index contributed by atoms with van der Waals surface area (Å²) in [4.78, 5) is -0.246. The summed E-state index contributed by atoms with van der Waals surface area (Å²) in [6.45, 7) is 2.24. The SMILES string of the molecule is CCCCCCCCCCCCCc1cc([O-])cc(Oc2cccc(S(=O)(=O)O)c2)c1.[Na+]. The Balaban J connectivity index is 0.00000512. The molecule has 0 saturated carbocycles. The average Bonchev–Trinajstić information content (AvgIpc) is 2.71. The Labute approximate surface area is 215 Å². The summed E-state index contributed by atoms with van der Waals surface area (Å²) in [6, 6.07) is 10.4. The summed E-state index contributed by atoms with van der Waals surface area (Å²) < 4.78 is 37.4. The van der Waals surface area contributed by atoms with Gasteiger partial charge in [-0.3, -0.25) is 4.55 Å². The van der Waals surface area contributed by atoms with Crippen molar-refractivity contribution in [3.05, 3.63) is 48.0 Å². The summed E-state index contributed by atoms with van der Waals surface area (Å²) in [6.07, 6.45) is 14.9. The van der Waals surface area contributed by atoms with Crippen molar-refractivity contribution in [3.8, 4) is 17.2 Å². The van der Waals surface area contributed by atoms with Crippen molar-refractivity contribution in [1.82, 2.24) is 0 Å². The molecule has 0 aromatic heterocycles. The Morgan fingerprint density at radius 1 is 0.812 bits per heavy atom. The maximum Gasteiger partial charge on any atom is 1.00 e. The second kappa shape index (κ2) is 15.7. The van der Waals surface area contributed by atoms with Crippen LogP contribution in [-0.4, -0.2) is 13.0 Å². The molecular formula is C25H35NaO5S. The quantitative estimate of drug-likeness (QED) is 0.244. The zero-order valence-electron chi connectivity index (χ0n) is 19.5. The van der Waals surface area contributed by atoms with Gasteiger partial charge in [-0.25, -0.2) is 0 Å². The molecular weight excluding hydrogens is 435 g/mol. The van der Waals surface area contributed by atoms with Crippen LogP contribution in [0.4, 0.5) is 0 Å². The van der Waals surface area contributed by atoms with Crippen LogP contribution in [0.2, 0.25) is 0 Å². The predicted octanol–water partition coefficient (Wildman–Crippen LogP) is 3.66. The Morgan fingerprint density at radius 2 is 1.41 bits per heavy atom. The Kier molecular flexibility index (Phi) is 14.2. The monoisotopic (exact) mass is 470 g/mol. The molecule has 1 N–H and O–H groups in total. The molecule has 5 nitrogen and oxygen atoms in total. The van der Waals surface area contributed by atoms with Gasteiger partial charge < -0.3 is 9.84 Å². The van der Waals surface area contributed by atoms with Crippen molar-refractivity contribution >= 4 is 10.1 Å². The molecule has 0 radical (unpaired) electrons. The minimum atomic E-state index is -4.30. The molecule has 0 spiro atoms. The molecule has 0 unspecified atom stereocenters. The first-order valence-electron chi connectivity index (χ1n) is 11.4. The van der Waals surface area contributed by atoms with Gasteiger partial charge in [0.25, 0.3) is 10.1 Å². The molecule has 0 aliphatic rings. The van der Waals surface area contributed by atoms with Gasteiger partial charge in [0.15, 0.2) is 0 Å². The second-order valence-corrected chi connectivity index (χ2v) is 9.57. The summed E-state index contributed by atoms with van der Waals surface area (Å²) in [7, 11) is -4.30. The van der Waals surface area contributed by atoms with E-state index in [4.69, 9.17) is 9.29 Å². The van der Waals surface area contributed by atoms with Gasteiger partial charge in [-0.15, -0.1) is 5.75 Å². The molecule has 7 heteroatoms. The standard InChI is InChI=1S/C25H36O5S.Na/c1-2-3-4-5-6-7-8-9-10-11-12-14-21-17-22(26)19-24(18-21)30-23-15-13-16-25(20-23)31(27,28)29;/h13,15-20,26H,2-12,14H2,1H3,(H,27,28,29);/q;+1/p-1. The molecule has 172 valence electrons. The van der Waals surface area contributed by atoms with Crippen LogP contribution in [0, 0.1) is 0 Å². The van der Waals surface area contributed by atoms with Crippen molar-refractivity contribution in [2.45, 2.75) is 88.9 Å². The molecule has 32 heavy (non-hydrogen) atoms. The third kappa shape index (κ3) is 11.7. The molecule has 2 rings (SSSR count). The first-order valence-corrected chi connectivity index (χ1v) is 12.9. The predicted molar refractivity (Wildman–Crippen MR) is 122 cm³/mol. The minimum Gasteiger partial charge on any atom is -0.872 e. The van der Waals surface area contributed by atoms with Crippen LogP contribution in [0.25, 0.3) is 0 Å². The Hall–Kier alpha value is -1.05. The van der Waals surface area contributed by atoms with E-state index in [0.29, 0.717) is 5.75 Å². The summed E-state index contributed by atoms with van der Waals surface area (Å²) in [5.74, 6) is 0.487. The van der Waals surface area contributed by atoms with Gasteiger partial charge in [0.05, 0.1) is 4.90 Å². The summed E-state index contributed by atoms with van der Waals surface area (Å²) in [5, 5.41) is 12.0. The molecule has 0 fully saturated rings. The fraction of sp³-hybridized carbons (Fsp3) is 0.520. The summed E-state index contributed by atoms with van der Waals surface area (Å²) >= 11 is 0. The van der Waals surface area contributed by atoms with Crippen LogP contribution in [0.1, 0.15) is 83.1 Å². The molecule has 2 aromatic rings. The maximum atomic E-state index is 12.0. The van der Waals surface area contributed by atoms with Crippen molar-refractivity contribution in [2.24, 2.45) is 0 Å². The van der Waals surface area contributed by atoms with Crippen LogP contribution in [0.15, 0.2) is 47.4 Å².